The van der Waals surface area contributed by atoms with Crippen molar-refractivity contribution in [1.82, 2.24) is 0 Å². The van der Waals surface area contributed by atoms with Gasteiger partial charge in [-0.2, -0.15) is 0 Å². The van der Waals surface area contributed by atoms with E-state index in [9.17, 15) is 25.2 Å². The second-order valence-corrected chi connectivity index (χ2v) is 4.14. The third-order valence-electron chi connectivity index (χ3n) is 2.72. The van der Waals surface area contributed by atoms with Gasteiger partial charge >= 0.3 is 5.97 Å². The van der Waals surface area contributed by atoms with Crippen molar-refractivity contribution in [3.63, 3.8) is 0 Å². The van der Waals surface area contributed by atoms with Gasteiger partial charge in [-0.05, 0) is 30.3 Å². The standard InChI is InChI=1S/C14H11NO6/c16-10-4-2-8(5-9(10)14(20)21)15-6-7-1-3-11(17)13(19)12(7)18/h1-6,16-19H,(H,20,21). The minimum absolute atomic E-state index is 0.134. The van der Waals surface area contributed by atoms with Crippen molar-refractivity contribution in [2.75, 3.05) is 0 Å². The van der Waals surface area contributed by atoms with Gasteiger partial charge in [-0.1, -0.05) is 0 Å². The Labute approximate surface area is 118 Å². The molecule has 7 heteroatoms. The summed E-state index contributed by atoms with van der Waals surface area (Å²) in [5, 5.41) is 46.4. The predicted octanol–water partition coefficient (Wildman–Crippen LogP) is 1.96. The van der Waals surface area contributed by atoms with Crippen LogP contribution in [0.3, 0.4) is 0 Å². The van der Waals surface area contributed by atoms with Crippen LogP contribution in [0.4, 0.5) is 5.69 Å². The number of aromatic hydroxyl groups is 4. The van der Waals surface area contributed by atoms with E-state index >= 15 is 0 Å². The molecule has 0 radical (unpaired) electrons. The van der Waals surface area contributed by atoms with E-state index in [1.807, 2.05) is 0 Å². The summed E-state index contributed by atoms with van der Waals surface area (Å²) in [6.45, 7) is 0. The maximum Gasteiger partial charge on any atom is 0.339 e. The Hall–Kier alpha value is -3.22. The highest BCUT2D eigenvalue weighted by Gasteiger charge is 2.11. The summed E-state index contributed by atoms with van der Waals surface area (Å²) in [6.07, 6.45) is 1.19. The van der Waals surface area contributed by atoms with Gasteiger partial charge in [0.1, 0.15) is 11.3 Å². The molecule has 7 nitrogen and oxygen atoms in total. The van der Waals surface area contributed by atoms with E-state index < -0.39 is 23.2 Å². The number of aromatic carboxylic acids is 1. The highest BCUT2D eigenvalue weighted by Crippen LogP contribution is 2.36. The number of carboxylic acid groups (broad SMARTS) is 1. The molecule has 2 rings (SSSR count). The molecule has 5 N–H and O–H groups in total. The van der Waals surface area contributed by atoms with Crippen molar-refractivity contribution in [3.05, 3.63) is 41.5 Å². The predicted molar refractivity (Wildman–Crippen MR) is 73.8 cm³/mol. The molecule has 0 saturated carbocycles. The Kier molecular flexibility index (Phi) is 3.66. The summed E-state index contributed by atoms with van der Waals surface area (Å²) in [5.74, 6) is -3.37. The van der Waals surface area contributed by atoms with Gasteiger partial charge in [0.05, 0.1) is 5.69 Å². The van der Waals surface area contributed by atoms with E-state index in [1.54, 1.807) is 0 Å². The molecule has 0 aliphatic heterocycles. The molecule has 2 aromatic rings. The third kappa shape index (κ3) is 2.86. The van der Waals surface area contributed by atoms with E-state index in [-0.39, 0.29) is 22.6 Å². The topological polar surface area (TPSA) is 131 Å². The smallest absolute Gasteiger partial charge is 0.339 e. The Bertz CT molecular complexity index is 738. The molecule has 0 fully saturated rings. The van der Waals surface area contributed by atoms with Gasteiger partial charge < -0.3 is 25.5 Å². The lowest BCUT2D eigenvalue weighted by Crippen LogP contribution is -1.95. The fourth-order valence-electron chi connectivity index (χ4n) is 1.61. The Morgan fingerprint density at radius 2 is 1.62 bits per heavy atom. The average Bonchev–Trinajstić information content (AvgIpc) is 2.45. The Balaban J connectivity index is 2.36. The molecule has 0 aliphatic carbocycles. The van der Waals surface area contributed by atoms with Crippen LogP contribution in [0.1, 0.15) is 15.9 Å². The fraction of sp³-hybridized carbons (Fsp3) is 0. The van der Waals surface area contributed by atoms with Gasteiger partial charge in [0, 0.05) is 11.8 Å². The van der Waals surface area contributed by atoms with Crippen molar-refractivity contribution in [2.24, 2.45) is 4.99 Å². The van der Waals surface area contributed by atoms with E-state index in [2.05, 4.69) is 4.99 Å². The van der Waals surface area contributed by atoms with E-state index in [1.165, 1.54) is 30.5 Å². The zero-order valence-electron chi connectivity index (χ0n) is 10.6. The molecule has 0 aliphatic rings. The summed E-state index contributed by atoms with van der Waals surface area (Å²) in [6, 6.07) is 6.23. The average molecular weight is 289 g/mol. The van der Waals surface area contributed by atoms with Crippen LogP contribution in [0.5, 0.6) is 23.0 Å². The van der Waals surface area contributed by atoms with E-state index in [0.29, 0.717) is 0 Å². The Morgan fingerprint density at radius 3 is 2.29 bits per heavy atom. The largest absolute Gasteiger partial charge is 0.507 e. The van der Waals surface area contributed by atoms with E-state index in [4.69, 9.17) is 5.11 Å². The molecule has 21 heavy (non-hydrogen) atoms. The van der Waals surface area contributed by atoms with Crippen LogP contribution in [0.2, 0.25) is 0 Å². The maximum atomic E-state index is 10.9. The van der Waals surface area contributed by atoms with Crippen molar-refractivity contribution < 1.29 is 30.3 Å². The molecule has 0 saturated heterocycles. The van der Waals surface area contributed by atoms with Gasteiger partial charge in [0.2, 0.25) is 5.75 Å². The van der Waals surface area contributed by atoms with Gasteiger partial charge in [-0.3, -0.25) is 4.99 Å². The van der Waals surface area contributed by atoms with Gasteiger partial charge in [0.15, 0.2) is 11.5 Å². The van der Waals surface area contributed by atoms with Crippen LogP contribution >= 0.6 is 0 Å². The second kappa shape index (κ2) is 5.41. The maximum absolute atomic E-state index is 10.9. The van der Waals surface area contributed by atoms with Crippen LogP contribution in [0.25, 0.3) is 0 Å². The minimum atomic E-state index is -1.30. The van der Waals surface area contributed by atoms with Crippen LogP contribution in [0, 0.1) is 0 Å². The molecule has 108 valence electrons. The zero-order chi connectivity index (χ0) is 15.6. The first-order valence-electron chi connectivity index (χ1n) is 5.74. The van der Waals surface area contributed by atoms with Gasteiger partial charge in [0.25, 0.3) is 0 Å². The molecule has 0 atom stereocenters. The SMILES string of the molecule is O=C(O)c1cc(N=Cc2ccc(O)c(O)c2O)ccc1O. The van der Waals surface area contributed by atoms with Crippen LogP contribution < -0.4 is 0 Å². The summed E-state index contributed by atoms with van der Waals surface area (Å²) in [5.41, 5.74) is 0.0647. The molecule has 0 heterocycles. The highest BCUT2D eigenvalue weighted by atomic mass is 16.4. The van der Waals surface area contributed by atoms with Crippen LogP contribution in [0.15, 0.2) is 35.3 Å². The van der Waals surface area contributed by atoms with Gasteiger partial charge in [-0.15, -0.1) is 0 Å². The summed E-state index contributed by atoms with van der Waals surface area (Å²) < 4.78 is 0. The summed E-state index contributed by atoms with van der Waals surface area (Å²) >= 11 is 0. The molecule has 0 spiro atoms. The molecule has 0 unspecified atom stereocenters. The fourth-order valence-corrected chi connectivity index (χ4v) is 1.61. The quantitative estimate of drug-likeness (QED) is 0.433. The second-order valence-electron chi connectivity index (χ2n) is 4.14. The molecular weight excluding hydrogens is 278 g/mol. The molecular formula is C14H11NO6. The van der Waals surface area contributed by atoms with Crippen molar-refractivity contribution >= 4 is 17.9 Å². The summed E-state index contributed by atoms with van der Waals surface area (Å²) in [4.78, 5) is 14.8. The van der Waals surface area contributed by atoms with Crippen molar-refractivity contribution in [2.45, 2.75) is 0 Å². The lowest BCUT2D eigenvalue weighted by Gasteiger charge is -2.04. The van der Waals surface area contributed by atoms with Crippen molar-refractivity contribution in [3.8, 4) is 23.0 Å². The van der Waals surface area contributed by atoms with Crippen LogP contribution in [-0.2, 0) is 0 Å². The monoisotopic (exact) mass is 289 g/mol. The highest BCUT2D eigenvalue weighted by molar-refractivity contribution is 5.92. The van der Waals surface area contributed by atoms with E-state index in [0.717, 1.165) is 6.07 Å². The number of nitrogens with zero attached hydrogens (tertiary/aromatic N) is 1. The number of rotatable bonds is 3. The van der Waals surface area contributed by atoms with Gasteiger partial charge in [-0.25, -0.2) is 4.79 Å². The normalized spacial score (nSPS) is 10.9. The third-order valence-corrected chi connectivity index (χ3v) is 2.72. The minimum Gasteiger partial charge on any atom is -0.507 e. The molecule has 0 amide bonds. The lowest BCUT2D eigenvalue weighted by atomic mass is 10.1. The zero-order valence-corrected chi connectivity index (χ0v) is 10.6. The van der Waals surface area contributed by atoms with Crippen molar-refractivity contribution in [1.29, 1.82) is 0 Å². The number of carboxylic acids is 1. The first kappa shape index (κ1) is 14.2. The number of phenolic OH excluding ortho intramolecular Hbond substituents is 3. The summed E-state index contributed by atoms with van der Waals surface area (Å²) in [7, 11) is 0. The first-order chi connectivity index (χ1) is 9.90. The number of hydrogen-bond donors (Lipinski definition) is 5. The lowest BCUT2D eigenvalue weighted by molar-refractivity contribution is 0.0693. The number of aliphatic imine (C=N–C) groups is 1. The Morgan fingerprint density at radius 1 is 0.952 bits per heavy atom. The molecule has 2 aromatic carbocycles. The number of hydrogen-bond acceptors (Lipinski definition) is 6. The molecule has 0 aromatic heterocycles. The number of carbonyl (C=O) groups is 1. The van der Waals surface area contributed by atoms with Crippen LogP contribution in [-0.4, -0.2) is 37.7 Å². The molecule has 0 bridgehead atoms. The number of benzene rings is 2. The number of phenols is 4. The first-order valence-corrected chi connectivity index (χ1v) is 5.74.